The minimum absolute atomic E-state index is 0.199. The highest BCUT2D eigenvalue weighted by Gasteiger charge is 2.06. The molecule has 62 valence electrons. The molecule has 0 amide bonds. The number of nitrogens with zero attached hydrogens (tertiary/aromatic N) is 2. The lowest BCUT2D eigenvalue weighted by molar-refractivity contribution is 1.23. The average Bonchev–Trinajstić information content (AvgIpc) is 2.29. The monoisotopic (exact) mass is 218 g/mol. The highest BCUT2D eigenvalue weighted by atomic mass is 35.5. The Morgan fingerprint density at radius 2 is 2.08 bits per heavy atom. The van der Waals surface area contributed by atoms with Gasteiger partial charge in [-0.15, -0.1) is 11.3 Å². The van der Waals surface area contributed by atoms with E-state index >= 15 is 0 Å². The van der Waals surface area contributed by atoms with Gasteiger partial charge in [0.1, 0.15) is 0 Å². The lowest BCUT2D eigenvalue weighted by atomic mass is 10.4. The van der Waals surface area contributed by atoms with Gasteiger partial charge in [-0.25, -0.2) is 9.97 Å². The summed E-state index contributed by atoms with van der Waals surface area (Å²) in [5.41, 5.74) is 0.822. The van der Waals surface area contributed by atoms with E-state index in [1.54, 1.807) is 11.3 Å². The van der Waals surface area contributed by atoms with Gasteiger partial charge in [0.25, 0.3) is 0 Å². The molecule has 0 fully saturated rings. The second-order valence-electron chi connectivity index (χ2n) is 2.35. The molecule has 0 aromatic carbocycles. The summed E-state index contributed by atoms with van der Waals surface area (Å²) in [6.07, 6.45) is 0. The molecule has 0 spiro atoms. The fourth-order valence-electron chi connectivity index (χ4n) is 0.988. The van der Waals surface area contributed by atoms with Gasteiger partial charge in [-0.05, 0) is 24.6 Å². The van der Waals surface area contributed by atoms with Gasteiger partial charge in [-0.1, -0.05) is 11.6 Å². The largest absolute Gasteiger partial charge is 0.224 e. The van der Waals surface area contributed by atoms with Crippen LogP contribution in [0.25, 0.3) is 10.2 Å². The molecule has 0 saturated carbocycles. The number of aryl methyl sites for hydroxylation is 1. The predicted octanol–water partition coefficient (Wildman–Crippen LogP) is 3.31. The van der Waals surface area contributed by atoms with E-state index in [0.29, 0.717) is 5.15 Å². The first kappa shape index (κ1) is 8.23. The standard InChI is InChI=1S/C7H4Cl2N2S/c1-3-2-4-5(12-3)6(8)11-7(9)10-4/h2H,1H3. The lowest BCUT2D eigenvalue weighted by Gasteiger charge is -1.91. The van der Waals surface area contributed by atoms with Crippen molar-refractivity contribution in [2.75, 3.05) is 0 Å². The van der Waals surface area contributed by atoms with Crippen LogP contribution in [0.1, 0.15) is 4.88 Å². The molecule has 2 aromatic rings. The van der Waals surface area contributed by atoms with Crippen molar-refractivity contribution in [2.45, 2.75) is 6.92 Å². The van der Waals surface area contributed by atoms with Crippen molar-refractivity contribution in [1.29, 1.82) is 0 Å². The number of halogens is 2. The molecule has 5 heteroatoms. The summed E-state index contributed by atoms with van der Waals surface area (Å²) >= 11 is 13.1. The summed E-state index contributed by atoms with van der Waals surface area (Å²) in [5, 5.41) is 0.633. The Morgan fingerprint density at radius 3 is 2.83 bits per heavy atom. The van der Waals surface area contributed by atoms with Gasteiger partial charge in [-0.2, -0.15) is 0 Å². The van der Waals surface area contributed by atoms with Crippen LogP contribution in [0, 0.1) is 6.92 Å². The molecule has 0 unspecified atom stereocenters. The van der Waals surface area contributed by atoms with Crippen LogP contribution in [-0.4, -0.2) is 9.97 Å². The number of aromatic nitrogens is 2. The molecule has 2 aromatic heterocycles. The molecule has 0 radical (unpaired) electrons. The summed E-state index contributed by atoms with van der Waals surface area (Å²) in [7, 11) is 0. The van der Waals surface area contributed by atoms with Crippen molar-refractivity contribution in [3.8, 4) is 0 Å². The van der Waals surface area contributed by atoms with Crippen LogP contribution in [0.4, 0.5) is 0 Å². The van der Waals surface area contributed by atoms with E-state index in [4.69, 9.17) is 23.2 Å². The Balaban J connectivity index is 2.88. The zero-order valence-electron chi connectivity index (χ0n) is 6.14. The minimum atomic E-state index is 0.199. The Hall–Kier alpha value is -0.380. The van der Waals surface area contributed by atoms with Gasteiger partial charge in [0.15, 0.2) is 5.15 Å². The second kappa shape index (κ2) is 2.83. The van der Waals surface area contributed by atoms with Gasteiger partial charge < -0.3 is 0 Å². The van der Waals surface area contributed by atoms with Crippen molar-refractivity contribution >= 4 is 44.8 Å². The third kappa shape index (κ3) is 1.28. The maximum absolute atomic E-state index is 5.85. The zero-order valence-corrected chi connectivity index (χ0v) is 8.46. The van der Waals surface area contributed by atoms with Crippen molar-refractivity contribution in [3.05, 3.63) is 21.4 Å². The Kier molecular flexibility index (Phi) is 1.94. The van der Waals surface area contributed by atoms with E-state index in [-0.39, 0.29) is 5.28 Å². The number of rotatable bonds is 0. The average molecular weight is 219 g/mol. The van der Waals surface area contributed by atoms with Crippen LogP contribution in [0.3, 0.4) is 0 Å². The molecule has 2 rings (SSSR count). The van der Waals surface area contributed by atoms with E-state index in [1.807, 2.05) is 13.0 Å². The number of thiophene rings is 1. The minimum Gasteiger partial charge on any atom is -0.217 e. The normalized spacial score (nSPS) is 10.9. The van der Waals surface area contributed by atoms with Gasteiger partial charge in [-0.3, -0.25) is 0 Å². The van der Waals surface area contributed by atoms with E-state index in [1.165, 1.54) is 0 Å². The lowest BCUT2D eigenvalue weighted by Crippen LogP contribution is -1.81. The predicted molar refractivity (Wildman–Crippen MR) is 52.2 cm³/mol. The maximum Gasteiger partial charge on any atom is 0.224 e. The molecule has 0 saturated heterocycles. The highest BCUT2D eigenvalue weighted by Crippen LogP contribution is 2.29. The summed E-state index contributed by atoms with van der Waals surface area (Å²) in [4.78, 5) is 9.04. The van der Waals surface area contributed by atoms with E-state index < -0.39 is 0 Å². The molecular formula is C7H4Cl2N2S. The van der Waals surface area contributed by atoms with E-state index in [0.717, 1.165) is 15.1 Å². The number of hydrogen-bond acceptors (Lipinski definition) is 3. The molecule has 0 aliphatic carbocycles. The molecule has 0 atom stereocenters. The van der Waals surface area contributed by atoms with Crippen molar-refractivity contribution < 1.29 is 0 Å². The molecule has 12 heavy (non-hydrogen) atoms. The van der Waals surface area contributed by atoms with E-state index in [9.17, 15) is 0 Å². The van der Waals surface area contributed by atoms with E-state index in [2.05, 4.69) is 9.97 Å². The van der Waals surface area contributed by atoms with Crippen molar-refractivity contribution in [1.82, 2.24) is 9.97 Å². The molecule has 0 aliphatic heterocycles. The number of fused-ring (bicyclic) bond motifs is 1. The fourth-order valence-corrected chi connectivity index (χ4v) is 2.33. The summed E-state index contributed by atoms with van der Waals surface area (Å²) < 4.78 is 0.901. The molecule has 0 aliphatic rings. The first-order valence-electron chi connectivity index (χ1n) is 3.26. The Labute approximate surface area is 83.2 Å². The second-order valence-corrected chi connectivity index (χ2v) is 4.31. The maximum atomic E-state index is 5.85. The molecule has 2 heterocycles. The topological polar surface area (TPSA) is 25.8 Å². The highest BCUT2D eigenvalue weighted by molar-refractivity contribution is 7.19. The molecule has 0 N–H and O–H groups in total. The van der Waals surface area contributed by atoms with Gasteiger partial charge >= 0.3 is 0 Å². The summed E-state index contributed by atoms with van der Waals surface area (Å²) in [5.74, 6) is 0. The van der Waals surface area contributed by atoms with Crippen molar-refractivity contribution in [2.24, 2.45) is 0 Å². The van der Waals surface area contributed by atoms with Gasteiger partial charge in [0.05, 0.1) is 10.2 Å². The smallest absolute Gasteiger partial charge is 0.217 e. The van der Waals surface area contributed by atoms with Crippen LogP contribution >= 0.6 is 34.5 Å². The summed E-state index contributed by atoms with van der Waals surface area (Å²) in [6.45, 7) is 2.00. The van der Waals surface area contributed by atoms with Crippen molar-refractivity contribution in [3.63, 3.8) is 0 Å². The van der Waals surface area contributed by atoms with Crippen LogP contribution < -0.4 is 0 Å². The SMILES string of the molecule is Cc1cc2nc(Cl)nc(Cl)c2s1. The third-order valence-corrected chi connectivity index (χ3v) is 3.03. The van der Waals surface area contributed by atoms with Crippen LogP contribution in [0.15, 0.2) is 6.07 Å². The van der Waals surface area contributed by atoms with Crippen LogP contribution in [0.5, 0.6) is 0 Å². The molecular weight excluding hydrogens is 215 g/mol. The molecule has 0 bridgehead atoms. The van der Waals surface area contributed by atoms with Crippen LogP contribution in [-0.2, 0) is 0 Å². The van der Waals surface area contributed by atoms with Gasteiger partial charge in [0.2, 0.25) is 5.28 Å². The fraction of sp³-hybridized carbons (Fsp3) is 0.143. The molecule has 2 nitrogen and oxygen atoms in total. The van der Waals surface area contributed by atoms with Crippen LogP contribution in [0.2, 0.25) is 10.4 Å². The first-order valence-corrected chi connectivity index (χ1v) is 4.83. The Bertz CT molecular complexity index is 438. The van der Waals surface area contributed by atoms with Gasteiger partial charge in [0, 0.05) is 4.88 Å². The number of hydrogen-bond donors (Lipinski definition) is 0. The Morgan fingerprint density at radius 1 is 1.33 bits per heavy atom. The zero-order chi connectivity index (χ0) is 8.72. The summed E-state index contributed by atoms with van der Waals surface area (Å²) in [6, 6.07) is 1.94. The quantitative estimate of drug-likeness (QED) is 0.501. The first-order chi connectivity index (χ1) is 5.66. The third-order valence-electron chi connectivity index (χ3n) is 1.43.